The number of thiophene rings is 1. The summed E-state index contributed by atoms with van der Waals surface area (Å²) in [7, 11) is 0. The molecule has 2 aromatic heterocycles. The molecule has 1 fully saturated rings. The van der Waals surface area contributed by atoms with Crippen LogP contribution in [0.5, 0.6) is 0 Å². The van der Waals surface area contributed by atoms with Crippen LogP contribution in [0.4, 0.5) is 5.69 Å². The second-order valence-corrected chi connectivity index (χ2v) is 11.6. The summed E-state index contributed by atoms with van der Waals surface area (Å²) in [6, 6.07) is 10.4. The molecular weight excluding hydrogens is 528 g/mol. The van der Waals surface area contributed by atoms with Crippen LogP contribution >= 0.6 is 39.0 Å². The van der Waals surface area contributed by atoms with Crippen LogP contribution in [-0.4, -0.2) is 15.6 Å². The maximum atomic E-state index is 12.7. The number of carbonyl (C=O) groups is 1. The first-order valence-electron chi connectivity index (χ1n) is 11.2. The van der Waals surface area contributed by atoms with Gasteiger partial charge in [-0.1, -0.05) is 15.9 Å². The summed E-state index contributed by atoms with van der Waals surface area (Å²) in [6.45, 7) is 6.10. The van der Waals surface area contributed by atoms with Gasteiger partial charge in [0.2, 0.25) is 0 Å². The van der Waals surface area contributed by atoms with Gasteiger partial charge in [-0.3, -0.25) is 4.79 Å². The van der Waals surface area contributed by atoms with Crippen LogP contribution in [0.1, 0.15) is 51.4 Å². The van der Waals surface area contributed by atoms with E-state index in [1.54, 1.807) is 11.3 Å². The van der Waals surface area contributed by atoms with E-state index in [4.69, 9.17) is 0 Å². The molecule has 0 atom stereocenters. The minimum absolute atomic E-state index is 0.146. The van der Waals surface area contributed by atoms with Gasteiger partial charge in [-0.2, -0.15) is 5.26 Å². The summed E-state index contributed by atoms with van der Waals surface area (Å²) in [5.41, 5.74) is 6.97. The Bertz CT molecular complexity index is 1440. The predicted molar refractivity (Wildman–Crippen MR) is 144 cm³/mol. The van der Waals surface area contributed by atoms with Crippen molar-refractivity contribution in [1.82, 2.24) is 9.88 Å². The van der Waals surface area contributed by atoms with Gasteiger partial charge in [0.15, 0.2) is 5.17 Å². The highest BCUT2D eigenvalue weighted by Crippen LogP contribution is 2.39. The van der Waals surface area contributed by atoms with Crippen molar-refractivity contribution in [1.29, 1.82) is 5.26 Å². The number of benzene rings is 1. The number of hydrogen-bond donors (Lipinski definition) is 1. The Morgan fingerprint density at radius 2 is 2.00 bits per heavy atom. The molecule has 1 saturated heterocycles. The van der Waals surface area contributed by atoms with Crippen LogP contribution in [0, 0.1) is 32.1 Å². The van der Waals surface area contributed by atoms with Crippen molar-refractivity contribution in [2.75, 3.05) is 0 Å². The first kappa shape index (κ1) is 23.2. The molecule has 0 spiro atoms. The number of carbonyl (C=O) groups excluding carboxylic acids is 1. The van der Waals surface area contributed by atoms with E-state index in [0.29, 0.717) is 10.1 Å². The standard InChI is InChI=1S/C26H23BrN4OS2/c1-14-10-18(27)8-9-21(14)29-26-30-24(32)23(34-26)12-17-11-15(2)31(16(17)3)25-20(13-28)19-6-4-5-7-22(19)33-25/h8-12H,4-7H2,1-3H3,(H,29,30,32)/b23-12-. The van der Waals surface area contributed by atoms with Gasteiger partial charge < -0.3 is 9.88 Å². The molecule has 1 aliphatic heterocycles. The number of fused-ring (bicyclic) bond motifs is 1. The molecule has 3 aromatic rings. The van der Waals surface area contributed by atoms with E-state index in [2.05, 4.69) is 56.8 Å². The predicted octanol–water partition coefficient (Wildman–Crippen LogP) is 6.87. The van der Waals surface area contributed by atoms with Crippen LogP contribution in [0.25, 0.3) is 11.1 Å². The Morgan fingerprint density at radius 3 is 2.76 bits per heavy atom. The summed E-state index contributed by atoms with van der Waals surface area (Å²) in [6.07, 6.45) is 6.31. The van der Waals surface area contributed by atoms with Gasteiger partial charge in [-0.15, -0.1) is 11.3 Å². The van der Waals surface area contributed by atoms with E-state index in [0.717, 1.165) is 62.5 Å². The van der Waals surface area contributed by atoms with Crippen LogP contribution in [0.2, 0.25) is 0 Å². The second kappa shape index (κ2) is 9.21. The highest BCUT2D eigenvalue weighted by atomic mass is 79.9. The highest BCUT2D eigenvalue weighted by molar-refractivity contribution is 9.10. The molecule has 1 aliphatic carbocycles. The van der Waals surface area contributed by atoms with Gasteiger partial charge in [-0.25, -0.2) is 4.99 Å². The van der Waals surface area contributed by atoms with Gasteiger partial charge in [0, 0.05) is 20.7 Å². The zero-order valence-electron chi connectivity index (χ0n) is 19.2. The number of aromatic nitrogens is 1. The normalized spacial score (nSPS) is 17.8. The molecule has 0 unspecified atom stereocenters. The van der Waals surface area contributed by atoms with Crippen molar-refractivity contribution in [2.45, 2.75) is 46.5 Å². The molecular formula is C26H23BrN4OS2. The van der Waals surface area contributed by atoms with Crippen molar-refractivity contribution in [3.05, 3.63) is 72.2 Å². The molecule has 1 N–H and O–H groups in total. The number of aryl methyl sites for hydroxylation is 3. The van der Waals surface area contributed by atoms with Crippen LogP contribution in [-0.2, 0) is 17.6 Å². The Hall–Kier alpha value is -2.60. The average molecular weight is 552 g/mol. The lowest BCUT2D eigenvalue weighted by molar-refractivity contribution is -0.115. The number of thioether (sulfide) groups is 1. The lowest BCUT2D eigenvalue weighted by Crippen LogP contribution is -2.19. The van der Waals surface area contributed by atoms with Crippen LogP contribution in [0.3, 0.4) is 0 Å². The molecule has 5 nitrogen and oxygen atoms in total. The number of amidine groups is 1. The third-order valence-electron chi connectivity index (χ3n) is 6.26. The van der Waals surface area contributed by atoms with E-state index >= 15 is 0 Å². The van der Waals surface area contributed by atoms with E-state index in [-0.39, 0.29) is 5.91 Å². The van der Waals surface area contributed by atoms with E-state index in [9.17, 15) is 10.1 Å². The van der Waals surface area contributed by atoms with Crippen LogP contribution < -0.4 is 5.32 Å². The SMILES string of the molecule is Cc1cc(Br)ccc1N=C1NC(=O)/C(=C/c2cc(C)n(-c3sc4c(c3C#N)CCCC4)c2C)S1. The number of nitriles is 1. The minimum atomic E-state index is -0.146. The Morgan fingerprint density at radius 1 is 1.21 bits per heavy atom. The largest absolute Gasteiger partial charge is 0.308 e. The molecule has 34 heavy (non-hydrogen) atoms. The summed E-state index contributed by atoms with van der Waals surface area (Å²) in [4.78, 5) is 19.3. The molecule has 1 aromatic carbocycles. The molecule has 3 heterocycles. The molecule has 0 saturated carbocycles. The van der Waals surface area contributed by atoms with Gasteiger partial charge in [0.25, 0.3) is 5.91 Å². The molecule has 172 valence electrons. The Balaban J connectivity index is 1.49. The number of amides is 1. The molecule has 2 aliphatic rings. The summed E-state index contributed by atoms with van der Waals surface area (Å²) in [5, 5.41) is 14.4. The Kier molecular flexibility index (Phi) is 6.28. The van der Waals surface area contributed by atoms with Crippen molar-refractivity contribution in [3.63, 3.8) is 0 Å². The van der Waals surface area contributed by atoms with Crippen molar-refractivity contribution < 1.29 is 4.79 Å². The maximum Gasteiger partial charge on any atom is 0.264 e. The lowest BCUT2D eigenvalue weighted by atomic mass is 9.96. The van der Waals surface area contributed by atoms with Crippen molar-refractivity contribution >= 4 is 61.9 Å². The fourth-order valence-electron chi connectivity index (χ4n) is 4.55. The quantitative estimate of drug-likeness (QED) is 0.361. The number of halogens is 1. The highest BCUT2D eigenvalue weighted by Gasteiger charge is 2.26. The lowest BCUT2D eigenvalue weighted by Gasteiger charge is -2.10. The summed E-state index contributed by atoms with van der Waals surface area (Å²) < 4.78 is 3.17. The molecule has 1 amide bonds. The van der Waals surface area contributed by atoms with E-state index in [1.807, 2.05) is 31.2 Å². The molecule has 5 rings (SSSR count). The van der Waals surface area contributed by atoms with Crippen molar-refractivity contribution in [2.24, 2.45) is 4.99 Å². The molecule has 8 heteroatoms. The van der Waals surface area contributed by atoms with Gasteiger partial charge in [0.05, 0.1) is 16.2 Å². The maximum absolute atomic E-state index is 12.7. The third-order valence-corrected chi connectivity index (χ3v) is 8.94. The molecule has 0 radical (unpaired) electrons. The summed E-state index contributed by atoms with van der Waals surface area (Å²) >= 11 is 6.56. The number of nitrogens with one attached hydrogen (secondary N) is 1. The smallest absolute Gasteiger partial charge is 0.264 e. The number of nitrogens with zero attached hydrogens (tertiary/aromatic N) is 3. The van der Waals surface area contributed by atoms with Gasteiger partial charge in [0.1, 0.15) is 11.1 Å². The fraction of sp³-hybridized carbons (Fsp3) is 0.269. The third kappa shape index (κ3) is 4.17. The van der Waals surface area contributed by atoms with Crippen LogP contribution in [0.15, 0.2) is 38.6 Å². The number of rotatable bonds is 3. The number of hydrogen-bond acceptors (Lipinski definition) is 5. The first-order chi connectivity index (χ1) is 16.4. The van der Waals surface area contributed by atoms with E-state index in [1.165, 1.54) is 28.6 Å². The number of aliphatic imine (C=N–C) groups is 1. The van der Waals surface area contributed by atoms with Crippen molar-refractivity contribution in [3.8, 4) is 11.1 Å². The van der Waals surface area contributed by atoms with Gasteiger partial charge >= 0.3 is 0 Å². The fourth-order valence-corrected chi connectivity index (χ4v) is 7.30. The minimum Gasteiger partial charge on any atom is -0.308 e. The zero-order chi connectivity index (χ0) is 24.0. The van der Waals surface area contributed by atoms with Gasteiger partial charge in [-0.05, 0) is 105 Å². The monoisotopic (exact) mass is 550 g/mol. The average Bonchev–Trinajstić information content (AvgIpc) is 3.43. The Labute approximate surface area is 215 Å². The topological polar surface area (TPSA) is 70.2 Å². The summed E-state index contributed by atoms with van der Waals surface area (Å²) in [5.74, 6) is -0.146. The second-order valence-electron chi connectivity index (χ2n) is 8.58. The van der Waals surface area contributed by atoms with E-state index < -0.39 is 0 Å². The zero-order valence-corrected chi connectivity index (χ0v) is 22.4. The molecule has 0 bridgehead atoms. The first-order valence-corrected chi connectivity index (χ1v) is 13.6.